The summed E-state index contributed by atoms with van der Waals surface area (Å²) in [7, 11) is 0. The molecule has 0 spiro atoms. The van der Waals surface area contributed by atoms with Crippen LogP contribution < -0.4 is 4.74 Å². The van der Waals surface area contributed by atoms with Gasteiger partial charge in [0.25, 0.3) is 0 Å². The molecule has 0 amide bonds. The summed E-state index contributed by atoms with van der Waals surface area (Å²) in [5, 5.41) is 1.13. The van der Waals surface area contributed by atoms with E-state index in [0.717, 1.165) is 30.1 Å². The van der Waals surface area contributed by atoms with Crippen LogP contribution in [0.1, 0.15) is 12.8 Å². The highest BCUT2D eigenvalue weighted by molar-refractivity contribution is 9.09. The van der Waals surface area contributed by atoms with Crippen molar-refractivity contribution in [1.82, 2.24) is 4.90 Å². The summed E-state index contributed by atoms with van der Waals surface area (Å²) in [6.07, 6.45) is 2.68. The lowest BCUT2D eigenvalue weighted by Gasteiger charge is -2.31. The van der Waals surface area contributed by atoms with Crippen molar-refractivity contribution in [2.75, 3.05) is 31.6 Å². The number of rotatable bonds is 5. The van der Waals surface area contributed by atoms with Crippen molar-refractivity contribution in [2.24, 2.45) is 5.92 Å². The number of para-hydroxylation sites is 1. The van der Waals surface area contributed by atoms with Gasteiger partial charge < -0.3 is 4.74 Å². The molecule has 1 atom stereocenters. The molecule has 94 valence electrons. The highest BCUT2D eigenvalue weighted by atomic mass is 79.9. The Hall–Kier alpha value is -0.540. The highest BCUT2D eigenvalue weighted by Gasteiger charge is 2.18. The first-order valence-electron chi connectivity index (χ1n) is 6.34. The molecule has 1 unspecified atom stereocenters. The van der Waals surface area contributed by atoms with Crippen molar-refractivity contribution >= 4 is 15.9 Å². The summed E-state index contributed by atoms with van der Waals surface area (Å²) < 4.78 is 5.72. The zero-order valence-electron chi connectivity index (χ0n) is 10.1. The number of likely N-dealkylation sites (tertiary alicyclic amines) is 1. The van der Waals surface area contributed by atoms with Crippen LogP contribution in [0.2, 0.25) is 0 Å². The maximum absolute atomic E-state index is 5.72. The number of nitrogens with zero attached hydrogens (tertiary/aromatic N) is 1. The van der Waals surface area contributed by atoms with Gasteiger partial charge in [0.05, 0.1) is 0 Å². The molecule has 17 heavy (non-hydrogen) atoms. The van der Waals surface area contributed by atoms with E-state index in [1.54, 1.807) is 0 Å². The number of ether oxygens (including phenoxy) is 1. The lowest BCUT2D eigenvalue weighted by atomic mass is 10.0. The van der Waals surface area contributed by atoms with Crippen LogP contribution in [-0.2, 0) is 0 Å². The summed E-state index contributed by atoms with van der Waals surface area (Å²) >= 11 is 3.59. The quantitative estimate of drug-likeness (QED) is 0.774. The SMILES string of the molecule is BrCC1CCCN(CCOc2ccccc2)C1. The molecule has 2 nitrogen and oxygen atoms in total. The first-order chi connectivity index (χ1) is 8.38. The van der Waals surface area contributed by atoms with Gasteiger partial charge in [-0.05, 0) is 37.4 Å². The molecule has 1 aliphatic heterocycles. The van der Waals surface area contributed by atoms with Gasteiger partial charge in [-0.1, -0.05) is 34.1 Å². The van der Waals surface area contributed by atoms with Gasteiger partial charge in [-0.3, -0.25) is 4.90 Å². The van der Waals surface area contributed by atoms with E-state index in [-0.39, 0.29) is 0 Å². The fourth-order valence-corrected chi connectivity index (χ4v) is 2.82. The van der Waals surface area contributed by atoms with E-state index in [9.17, 15) is 0 Å². The number of halogens is 1. The van der Waals surface area contributed by atoms with Gasteiger partial charge in [-0.25, -0.2) is 0 Å². The van der Waals surface area contributed by atoms with E-state index in [1.807, 2.05) is 30.3 Å². The molecule has 1 fully saturated rings. The summed E-state index contributed by atoms with van der Waals surface area (Å²) in [6, 6.07) is 10.1. The average Bonchev–Trinajstić information content (AvgIpc) is 2.40. The number of hydrogen-bond donors (Lipinski definition) is 0. The van der Waals surface area contributed by atoms with Gasteiger partial charge >= 0.3 is 0 Å². The molecule has 0 bridgehead atoms. The smallest absolute Gasteiger partial charge is 0.119 e. The van der Waals surface area contributed by atoms with Crippen LogP contribution in [-0.4, -0.2) is 36.5 Å². The average molecular weight is 298 g/mol. The van der Waals surface area contributed by atoms with Crippen LogP contribution in [0.4, 0.5) is 0 Å². The Kier molecular flexibility index (Phi) is 5.33. The predicted octanol–water partition coefficient (Wildman–Crippen LogP) is 3.17. The summed E-state index contributed by atoms with van der Waals surface area (Å²) in [6.45, 7) is 4.27. The molecule has 0 radical (unpaired) electrons. The van der Waals surface area contributed by atoms with Gasteiger partial charge in [-0.2, -0.15) is 0 Å². The first-order valence-corrected chi connectivity index (χ1v) is 7.47. The Morgan fingerprint density at radius 3 is 2.88 bits per heavy atom. The molecule has 3 heteroatoms. The Balaban J connectivity index is 1.68. The lowest BCUT2D eigenvalue weighted by molar-refractivity contribution is 0.155. The normalized spacial score (nSPS) is 21.4. The standard InChI is InChI=1S/C14H20BrNO/c15-11-13-5-4-8-16(12-13)9-10-17-14-6-2-1-3-7-14/h1-3,6-7,13H,4-5,8-12H2. The van der Waals surface area contributed by atoms with Crippen LogP contribution in [0.5, 0.6) is 5.75 Å². The Bertz CT molecular complexity index is 317. The third kappa shape index (κ3) is 4.32. The molecule has 1 aliphatic rings. The van der Waals surface area contributed by atoms with E-state index < -0.39 is 0 Å². The van der Waals surface area contributed by atoms with Crippen molar-refractivity contribution in [3.05, 3.63) is 30.3 Å². The second-order valence-corrected chi connectivity index (χ2v) is 5.27. The fraction of sp³-hybridized carbons (Fsp3) is 0.571. The minimum atomic E-state index is 0.791. The van der Waals surface area contributed by atoms with Crippen molar-refractivity contribution in [3.63, 3.8) is 0 Å². The van der Waals surface area contributed by atoms with Gasteiger partial charge in [-0.15, -0.1) is 0 Å². The minimum absolute atomic E-state index is 0.791. The van der Waals surface area contributed by atoms with Gasteiger partial charge in [0.1, 0.15) is 12.4 Å². The fourth-order valence-electron chi connectivity index (χ4n) is 2.29. The Morgan fingerprint density at radius 2 is 2.12 bits per heavy atom. The molecule has 1 aromatic rings. The molecular weight excluding hydrogens is 278 g/mol. The van der Waals surface area contributed by atoms with Gasteiger partial charge in [0, 0.05) is 18.4 Å². The monoisotopic (exact) mass is 297 g/mol. The third-order valence-electron chi connectivity index (χ3n) is 3.24. The summed E-state index contributed by atoms with van der Waals surface area (Å²) in [4.78, 5) is 2.51. The number of piperidine rings is 1. The largest absolute Gasteiger partial charge is 0.492 e. The van der Waals surface area contributed by atoms with Gasteiger partial charge in [0.15, 0.2) is 0 Å². The summed E-state index contributed by atoms with van der Waals surface area (Å²) in [5.74, 6) is 1.79. The molecule has 0 N–H and O–H groups in total. The second kappa shape index (κ2) is 7.02. The molecule has 1 heterocycles. The highest BCUT2D eigenvalue weighted by Crippen LogP contribution is 2.18. The number of hydrogen-bond acceptors (Lipinski definition) is 2. The number of alkyl halides is 1. The zero-order valence-corrected chi connectivity index (χ0v) is 11.7. The van der Waals surface area contributed by atoms with E-state index in [2.05, 4.69) is 20.8 Å². The molecule has 1 aromatic carbocycles. The van der Waals surface area contributed by atoms with E-state index in [4.69, 9.17) is 4.74 Å². The van der Waals surface area contributed by atoms with Crippen molar-refractivity contribution < 1.29 is 4.74 Å². The summed E-state index contributed by atoms with van der Waals surface area (Å²) in [5.41, 5.74) is 0. The van der Waals surface area contributed by atoms with Crippen molar-refractivity contribution in [1.29, 1.82) is 0 Å². The first kappa shape index (κ1) is 12.9. The van der Waals surface area contributed by atoms with Crippen molar-refractivity contribution in [2.45, 2.75) is 12.8 Å². The molecule has 2 rings (SSSR count). The number of benzene rings is 1. The third-order valence-corrected chi connectivity index (χ3v) is 4.16. The van der Waals surface area contributed by atoms with E-state index in [1.165, 1.54) is 25.9 Å². The minimum Gasteiger partial charge on any atom is -0.492 e. The van der Waals surface area contributed by atoms with Gasteiger partial charge in [0.2, 0.25) is 0 Å². The Labute approximate surface area is 112 Å². The second-order valence-electron chi connectivity index (χ2n) is 4.62. The molecule has 0 aliphatic carbocycles. The van der Waals surface area contributed by atoms with Crippen molar-refractivity contribution in [3.8, 4) is 5.75 Å². The zero-order chi connectivity index (χ0) is 11.9. The maximum Gasteiger partial charge on any atom is 0.119 e. The van der Waals surface area contributed by atoms with Crippen LogP contribution >= 0.6 is 15.9 Å². The van der Waals surface area contributed by atoms with Crippen LogP contribution in [0.15, 0.2) is 30.3 Å². The van der Waals surface area contributed by atoms with Crippen LogP contribution in [0.25, 0.3) is 0 Å². The molecule has 0 aromatic heterocycles. The van der Waals surface area contributed by atoms with E-state index >= 15 is 0 Å². The predicted molar refractivity (Wildman–Crippen MR) is 74.9 cm³/mol. The maximum atomic E-state index is 5.72. The van der Waals surface area contributed by atoms with E-state index in [0.29, 0.717) is 0 Å². The van der Waals surface area contributed by atoms with Crippen LogP contribution in [0, 0.1) is 5.92 Å². The van der Waals surface area contributed by atoms with Crippen LogP contribution in [0.3, 0.4) is 0 Å². The lowest BCUT2D eigenvalue weighted by Crippen LogP contribution is -2.38. The molecule has 0 saturated carbocycles. The topological polar surface area (TPSA) is 12.5 Å². The molecular formula is C14H20BrNO. The Morgan fingerprint density at radius 1 is 1.29 bits per heavy atom. The molecule has 1 saturated heterocycles.